The zero-order valence-electron chi connectivity index (χ0n) is 8.01. The lowest BCUT2D eigenvalue weighted by molar-refractivity contribution is -0.0870. The number of hydrogen-bond acceptors (Lipinski definition) is 2. The molecular weight excluding hydrogens is 152 g/mol. The maximum Gasteiger partial charge on any atom is 0.158 e. The third-order valence-electron chi connectivity index (χ3n) is 3.41. The highest BCUT2D eigenvalue weighted by Crippen LogP contribution is 2.48. The molecule has 1 saturated carbocycles. The number of ether oxygens (including phenoxy) is 2. The van der Waals surface area contributed by atoms with E-state index >= 15 is 0 Å². The maximum atomic E-state index is 5.43. The van der Waals surface area contributed by atoms with Crippen molar-refractivity contribution in [3.8, 4) is 0 Å². The topological polar surface area (TPSA) is 18.5 Å². The lowest BCUT2D eigenvalue weighted by Gasteiger charge is -2.45. The summed E-state index contributed by atoms with van der Waals surface area (Å²) in [6, 6.07) is 0. The molecule has 12 heavy (non-hydrogen) atoms. The molecule has 0 bridgehead atoms. The molecule has 0 aromatic carbocycles. The van der Waals surface area contributed by atoms with Gasteiger partial charge in [-0.25, -0.2) is 0 Å². The standard InChI is InChI=1S/C10H18O2/c1-10(2)4-3-8(10)7-9-11-5-6-12-9/h8-9H,3-7H2,1-2H3/t8-/m0/s1. The summed E-state index contributed by atoms with van der Waals surface area (Å²) >= 11 is 0. The molecule has 2 fully saturated rings. The van der Waals surface area contributed by atoms with E-state index in [0.717, 1.165) is 25.6 Å². The first kappa shape index (κ1) is 8.52. The van der Waals surface area contributed by atoms with Gasteiger partial charge in [0.05, 0.1) is 13.2 Å². The van der Waals surface area contributed by atoms with Gasteiger partial charge in [-0.3, -0.25) is 0 Å². The first-order valence-electron chi connectivity index (χ1n) is 4.92. The van der Waals surface area contributed by atoms with Crippen molar-refractivity contribution >= 4 is 0 Å². The molecular formula is C10H18O2. The summed E-state index contributed by atoms with van der Waals surface area (Å²) in [5.74, 6) is 0.820. The zero-order valence-corrected chi connectivity index (χ0v) is 8.01. The molecule has 70 valence electrons. The average Bonchev–Trinajstić information content (AvgIpc) is 2.50. The van der Waals surface area contributed by atoms with Crippen LogP contribution in [-0.2, 0) is 9.47 Å². The van der Waals surface area contributed by atoms with Crippen LogP contribution in [-0.4, -0.2) is 19.5 Å². The van der Waals surface area contributed by atoms with Gasteiger partial charge in [0.1, 0.15) is 0 Å². The summed E-state index contributed by atoms with van der Waals surface area (Å²) in [5.41, 5.74) is 0.537. The van der Waals surface area contributed by atoms with E-state index in [-0.39, 0.29) is 6.29 Å². The van der Waals surface area contributed by atoms with Crippen LogP contribution in [0.1, 0.15) is 33.1 Å². The zero-order chi connectivity index (χ0) is 8.60. The summed E-state index contributed by atoms with van der Waals surface area (Å²) in [4.78, 5) is 0. The van der Waals surface area contributed by atoms with E-state index in [9.17, 15) is 0 Å². The van der Waals surface area contributed by atoms with Gasteiger partial charge in [0.15, 0.2) is 6.29 Å². The SMILES string of the molecule is CC1(C)CC[C@H]1CC1OCCO1. The predicted octanol–water partition coefficient (Wildman–Crippen LogP) is 2.19. The van der Waals surface area contributed by atoms with Gasteiger partial charge in [-0.1, -0.05) is 13.8 Å². The Kier molecular flexibility index (Phi) is 2.13. The van der Waals surface area contributed by atoms with E-state index in [1.165, 1.54) is 12.8 Å². The molecule has 2 rings (SSSR count). The van der Waals surface area contributed by atoms with Crippen molar-refractivity contribution in [1.82, 2.24) is 0 Å². The van der Waals surface area contributed by atoms with Gasteiger partial charge in [-0.15, -0.1) is 0 Å². The van der Waals surface area contributed by atoms with Crippen LogP contribution < -0.4 is 0 Å². The molecule has 0 spiro atoms. The summed E-state index contributed by atoms with van der Waals surface area (Å²) in [6.07, 6.45) is 3.93. The minimum absolute atomic E-state index is 0.106. The lowest BCUT2D eigenvalue weighted by atomic mass is 9.61. The Balaban J connectivity index is 1.79. The van der Waals surface area contributed by atoms with E-state index in [2.05, 4.69) is 13.8 Å². The van der Waals surface area contributed by atoms with Gasteiger partial charge in [0.2, 0.25) is 0 Å². The van der Waals surface area contributed by atoms with Crippen molar-refractivity contribution in [2.45, 2.75) is 39.4 Å². The molecule has 1 aliphatic heterocycles. The van der Waals surface area contributed by atoms with Crippen LogP contribution >= 0.6 is 0 Å². The fraction of sp³-hybridized carbons (Fsp3) is 1.00. The van der Waals surface area contributed by atoms with Crippen molar-refractivity contribution < 1.29 is 9.47 Å². The normalized spacial score (nSPS) is 35.0. The van der Waals surface area contributed by atoms with Crippen molar-refractivity contribution in [1.29, 1.82) is 0 Å². The fourth-order valence-electron chi connectivity index (χ4n) is 2.14. The maximum absolute atomic E-state index is 5.43. The molecule has 1 saturated heterocycles. The summed E-state index contributed by atoms with van der Waals surface area (Å²) in [5, 5.41) is 0. The van der Waals surface area contributed by atoms with Gasteiger partial charge in [0, 0.05) is 6.42 Å². The molecule has 0 unspecified atom stereocenters. The van der Waals surface area contributed by atoms with Crippen LogP contribution in [0.5, 0.6) is 0 Å². The molecule has 2 heteroatoms. The Morgan fingerprint density at radius 3 is 2.33 bits per heavy atom. The second-order valence-electron chi connectivity index (χ2n) is 4.63. The van der Waals surface area contributed by atoms with Gasteiger partial charge in [-0.2, -0.15) is 0 Å². The van der Waals surface area contributed by atoms with Gasteiger partial charge in [-0.05, 0) is 24.2 Å². The van der Waals surface area contributed by atoms with Crippen LogP contribution in [0.3, 0.4) is 0 Å². The third kappa shape index (κ3) is 1.50. The minimum atomic E-state index is 0.106. The fourth-order valence-corrected chi connectivity index (χ4v) is 2.14. The summed E-state index contributed by atoms with van der Waals surface area (Å²) in [7, 11) is 0. The van der Waals surface area contributed by atoms with E-state index in [0.29, 0.717) is 5.41 Å². The van der Waals surface area contributed by atoms with Gasteiger partial charge >= 0.3 is 0 Å². The highest BCUT2D eigenvalue weighted by atomic mass is 16.7. The van der Waals surface area contributed by atoms with E-state index in [1.54, 1.807) is 0 Å². The van der Waals surface area contributed by atoms with Crippen LogP contribution in [0.15, 0.2) is 0 Å². The van der Waals surface area contributed by atoms with Gasteiger partial charge in [0.25, 0.3) is 0 Å². The first-order chi connectivity index (χ1) is 5.68. The molecule has 0 amide bonds. The van der Waals surface area contributed by atoms with Gasteiger partial charge < -0.3 is 9.47 Å². The Morgan fingerprint density at radius 1 is 1.25 bits per heavy atom. The van der Waals surface area contributed by atoms with Crippen molar-refractivity contribution in [3.63, 3.8) is 0 Å². The largest absolute Gasteiger partial charge is 0.350 e. The Morgan fingerprint density at radius 2 is 1.92 bits per heavy atom. The van der Waals surface area contributed by atoms with E-state index in [4.69, 9.17) is 9.47 Å². The molecule has 1 atom stereocenters. The Labute approximate surface area is 74.2 Å². The molecule has 0 N–H and O–H groups in total. The highest BCUT2D eigenvalue weighted by molar-refractivity contribution is 4.89. The van der Waals surface area contributed by atoms with Crippen LogP contribution in [0, 0.1) is 11.3 Å². The molecule has 2 aliphatic rings. The molecule has 0 aromatic rings. The van der Waals surface area contributed by atoms with Crippen LogP contribution in [0.2, 0.25) is 0 Å². The first-order valence-corrected chi connectivity index (χ1v) is 4.92. The highest BCUT2D eigenvalue weighted by Gasteiger charge is 2.40. The van der Waals surface area contributed by atoms with Crippen molar-refractivity contribution in [2.24, 2.45) is 11.3 Å². The smallest absolute Gasteiger partial charge is 0.158 e. The molecule has 0 radical (unpaired) electrons. The lowest BCUT2D eigenvalue weighted by Crippen LogP contribution is -2.37. The summed E-state index contributed by atoms with van der Waals surface area (Å²) in [6.45, 7) is 6.27. The Hall–Kier alpha value is -0.0800. The van der Waals surface area contributed by atoms with Crippen LogP contribution in [0.25, 0.3) is 0 Å². The van der Waals surface area contributed by atoms with Crippen molar-refractivity contribution in [2.75, 3.05) is 13.2 Å². The number of hydrogen-bond donors (Lipinski definition) is 0. The van der Waals surface area contributed by atoms with Crippen LogP contribution in [0.4, 0.5) is 0 Å². The molecule has 1 aliphatic carbocycles. The second-order valence-corrected chi connectivity index (χ2v) is 4.63. The molecule has 1 heterocycles. The average molecular weight is 170 g/mol. The van der Waals surface area contributed by atoms with E-state index < -0.39 is 0 Å². The minimum Gasteiger partial charge on any atom is -0.350 e. The quantitative estimate of drug-likeness (QED) is 0.632. The monoisotopic (exact) mass is 170 g/mol. The molecule has 2 nitrogen and oxygen atoms in total. The summed E-state index contributed by atoms with van der Waals surface area (Å²) < 4.78 is 10.9. The number of rotatable bonds is 2. The van der Waals surface area contributed by atoms with E-state index in [1.807, 2.05) is 0 Å². The third-order valence-corrected chi connectivity index (χ3v) is 3.41. The second kappa shape index (κ2) is 3.00. The molecule has 0 aromatic heterocycles. The Bertz CT molecular complexity index is 159. The van der Waals surface area contributed by atoms with Crippen molar-refractivity contribution in [3.05, 3.63) is 0 Å². The predicted molar refractivity (Wildman–Crippen MR) is 46.8 cm³/mol.